The Morgan fingerprint density at radius 2 is 1.66 bits per heavy atom. The summed E-state index contributed by atoms with van der Waals surface area (Å²) in [7, 11) is 0. The molecule has 0 saturated heterocycles. The third-order valence-electron chi connectivity index (χ3n) is 5.50. The van der Waals surface area contributed by atoms with Crippen molar-refractivity contribution in [2.24, 2.45) is 0 Å². The van der Waals surface area contributed by atoms with Crippen LogP contribution in [0.25, 0.3) is 16.4 Å². The molecule has 1 N–H and O–H groups in total. The molecule has 2 aromatic heterocycles. The van der Waals surface area contributed by atoms with Gasteiger partial charge in [-0.3, -0.25) is 9.36 Å². The first-order chi connectivity index (χ1) is 18.3. The highest BCUT2D eigenvalue weighted by molar-refractivity contribution is 8.00. The number of alkyl halides is 3. The molecule has 0 aliphatic heterocycles. The lowest BCUT2D eigenvalue weighted by Crippen LogP contribution is -2.20. The molecule has 192 valence electrons. The second-order valence-electron chi connectivity index (χ2n) is 8.04. The van der Waals surface area contributed by atoms with Gasteiger partial charge in [-0.05, 0) is 47.3 Å². The van der Waals surface area contributed by atoms with E-state index < -0.39 is 22.9 Å². The van der Waals surface area contributed by atoms with Crippen LogP contribution in [-0.4, -0.2) is 20.7 Å². The first kappa shape index (κ1) is 26.0. The summed E-state index contributed by atoms with van der Waals surface area (Å²) in [5.74, 6) is 0.0598. The van der Waals surface area contributed by atoms with E-state index in [0.717, 1.165) is 40.5 Å². The van der Waals surface area contributed by atoms with Crippen LogP contribution in [0.5, 0.6) is 0 Å². The predicted octanol–water partition coefficient (Wildman–Crippen LogP) is 8.14. The summed E-state index contributed by atoms with van der Waals surface area (Å²) in [4.78, 5) is 14.5. The zero-order valence-corrected chi connectivity index (χ0v) is 21.8. The Labute approximate surface area is 229 Å². The third kappa shape index (κ3) is 5.62. The van der Waals surface area contributed by atoms with E-state index in [-0.39, 0.29) is 10.7 Å². The van der Waals surface area contributed by atoms with Crippen LogP contribution in [0.2, 0.25) is 5.02 Å². The van der Waals surface area contributed by atoms with Crippen molar-refractivity contribution in [2.75, 3.05) is 5.32 Å². The number of para-hydroxylation sites is 1. The molecule has 5 aromatic rings. The molecular formula is C27H18ClF3N4OS2. The zero-order chi connectivity index (χ0) is 26.7. The minimum Gasteiger partial charge on any atom is -0.323 e. The number of aromatic nitrogens is 3. The maximum absolute atomic E-state index is 13.6. The Morgan fingerprint density at radius 3 is 2.32 bits per heavy atom. The molecule has 1 atom stereocenters. The summed E-state index contributed by atoms with van der Waals surface area (Å²) >= 11 is 8.80. The molecule has 0 spiro atoms. The smallest absolute Gasteiger partial charge is 0.323 e. The van der Waals surface area contributed by atoms with Crippen LogP contribution in [-0.2, 0) is 11.0 Å². The number of hydrogen-bond donors (Lipinski definition) is 1. The summed E-state index contributed by atoms with van der Waals surface area (Å²) in [6, 6.07) is 25.1. The van der Waals surface area contributed by atoms with Crippen LogP contribution in [0.15, 0.2) is 102 Å². The number of anilines is 1. The monoisotopic (exact) mass is 570 g/mol. The SMILES string of the molecule is O=C(Nc1cc(C(F)(F)F)ccc1Cl)[C@H](Sc1nnc(-c2cccs2)n1-c1ccccc1)c1ccccc1. The van der Waals surface area contributed by atoms with E-state index >= 15 is 0 Å². The largest absolute Gasteiger partial charge is 0.416 e. The molecule has 0 aliphatic carbocycles. The second-order valence-corrected chi connectivity index (χ2v) is 10.5. The number of amides is 1. The number of rotatable bonds is 7. The van der Waals surface area contributed by atoms with Crippen LogP contribution in [0.4, 0.5) is 18.9 Å². The van der Waals surface area contributed by atoms with E-state index in [1.165, 1.54) is 11.3 Å². The molecular weight excluding hydrogens is 553 g/mol. The first-order valence-corrected chi connectivity index (χ1v) is 13.4. The summed E-state index contributed by atoms with van der Waals surface area (Å²) in [5, 5.41) is 12.9. The van der Waals surface area contributed by atoms with E-state index in [2.05, 4.69) is 15.5 Å². The van der Waals surface area contributed by atoms with Crippen molar-refractivity contribution in [1.82, 2.24) is 14.8 Å². The fourth-order valence-corrected chi connectivity index (χ4v) is 5.64. The van der Waals surface area contributed by atoms with E-state index in [4.69, 9.17) is 11.6 Å². The Morgan fingerprint density at radius 1 is 0.947 bits per heavy atom. The van der Waals surface area contributed by atoms with E-state index in [9.17, 15) is 18.0 Å². The molecule has 38 heavy (non-hydrogen) atoms. The van der Waals surface area contributed by atoms with Gasteiger partial charge in [-0.2, -0.15) is 13.2 Å². The lowest BCUT2D eigenvalue weighted by atomic mass is 10.1. The zero-order valence-electron chi connectivity index (χ0n) is 19.4. The normalized spacial score (nSPS) is 12.3. The number of carbonyl (C=O) groups excluding carboxylic acids is 1. The van der Waals surface area contributed by atoms with Gasteiger partial charge in [0.2, 0.25) is 5.91 Å². The standard InChI is InChI=1S/C27H18ClF3N4OS2/c28-20-14-13-18(27(29,30)31)16-21(20)32-25(36)23(17-8-3-1-4-9-17)38-26-34-33-24(22-12-7-15-37-22)35(26)19-10-5-2-6-11-19/h1-16,23H,(H,32,36)/t23-/m1/s1. The lowest BCUT2D eigenvalue weighted by molar-refractivity contribution is -0.137. The first-order valence-electron chi connectivity index (χ1n) is 11.2. The molecule has 11 heteroatoms. The highest BCUT2D eigenvalue weighted by Gasteiger charge is 2.32. The summed E-state index contributed by atoms with van der Waals surface area (Å²) in [6.07, 6.45) is -4.58. The van der Waals surface area contributed by atoms with Gasteiger partial charge in [-0.15, -0.1) is 21.5 Å². The topological polar surface area (TPSA) is 59.8 Å². The second kappa shape index (κ2) is 11.0. The van der Waals surface area contributed by atoms with Crippen molar-refractivity contribution in [3.63, 3.8) is 0 Å². The number of thiophene rings is 1. The fourth-order valence-electron chi connectivity index (χ4n) is 3.72. The Bertz CT molecular complexity index is 1540. The number of nitrogens with one attached hydrogen (secondary N) is 1. The minimum absolute atomic E-state index is 0.00408. The maximum Gasteiger partial charge on any atom is 0.416 e. The van der Waals surface area contributed by atoms with Crippen molar-refractivity contribution in [2.45, 2.75) is 16.6 Å². The van der Waals surface area contributed by atoms with Crippen LogP contribution >= 0.6 is 34.7 Å². The molecule has 5 nitrogen and oxygen atoms in total. The van der Waals surface area contributed by atoms with Gasteiger partial charge < -0.3 is 5.32 Å². The third-order valence-corrected chi connectivity index (χ3v) is 7.90. The van der Waals surface area contributed by atoms with Gasteiger partial charge in [0.05, 0.1) is 21.2 Å². The van der Waals surface area contributed by atoms with Crippen molar-refractivity contribution in [3.05, 3.63) is 113 Å². The van der Waals surface area contributed by atoms with Crippen LogP contribution in [0.3, 0.4) is 0 Å². The molecule has 5 rings (SSSR count). The number of carbonyl (C=O) groups is 1. The molecule has 0 radical (unpaired) electrons. The molecule has 2 heterocycles. The molecule has 3 aromatic carbocycles. The predicted molar refractivity (Wildman–Crippen MR) is 145 cm³/mol. The van der Waals surface area contributed by atoms with Crippen LogP contribution in [0.1, 0.15) is 16.4 Å². The van der Waals surface area contributed by atoms with Crippen LogP contribution < -0.4 is 5.32 Å². The number of hydrogen-bond acceptors (Lipinski definition) is 5. The highest BCUT2D eigenvalue weighted by Crippen LogP contribution is 2.40. The van der Waals surface area contributed by atoms with E-state index in [0.29, 0.717) is 16.5 Å². The number of benzene rings is 3. The van der Waals surface area contributed by atoms with Crippen molar-refractivity contribution < 1.29 is 18.0 Å². The number of thioether (sulfide) groups is 1. The van der Waals surface area contributed by atoms with Crippen molar-refractivity contribution in [1.29, 1.82) is 0 Å². The summed E-state index contributed by atoms with van der Waals surface area (Å²) < 4.78 is 41.7. The average Bonchev–Trinajstić information content (AvgIpc) is 3.59. The quantitative estimate of drug-likeness (QED) is 0.201. The average molecular weight is 571 g/mol. The van der Waals surface area contributed by atoms with Gasteiger partial charge in [0.1, 0.15) is 5.25 Å². The van der Waals surface area contributed by atoms with Gasteiger partial charge in [-0.25, -0.2) is 0 Å². The molecule has 0 bridgehead atoms. The van der Waals surface area contributed by atoms with E-state index in [1.54, 1.807) is 24.3 Å². The Balaban J connectivity index is 1.54. The highest BCUT2D eigenvalue weighted by atomic mass is 35.5. The van der Waals surface area contributed by atoms with E-state index in [1.807, 2.05) is 58.5 Å². The number of nitrogens with zero attached hydrogens (tertiary/aromatic N) is 3. The van der Waals surface area contributed by atoms with Crippen molar-refractivity contribution >= 4 is 46.3 Å². The summed E-state index contributed by atoms with van der Waals surface area (Å²) in [6.45, 7) is 0. The fraction of sp³-hybridized carbons (Fsp3) is 0.0741. The summed E-state index contributed by atoms with van der Waals surface area (Å²) in [5.41, 5.74) is 0.400. The lowest BCUT2D eigenvalue weighted by Gasteiger charge is -2.19. The van der Waals surface area contributed by atoms with Crippen LogP contribution in [0, 0.1) is 0 Å². The maximum atomic E-state index is 13.6. The van der Waals surface area contributed by atoms with Gasteiger partial charge >= 0.3 is 6.18 Å². The Hall–Kier alpha value is -3.60. The molecule has 1 amide bonds. The van der Waals surface area contributed by atoms with Gasteiger partial charge in [0.15, 0.2) is 11.0 Å². The molecule has 0 unspecified atom stereocenters. The molecule has 0 saturated carbocycles. The molecule has 0 fully saturated rings. The number of halogens is 4. The van der Waals surface area contributed by atoms with Gasteiger partial charge in [0, 0.05) is 5.69 Å². The minimum atomic E-state index is -4.58. The van der Waals surface area contributed by atoms with Gasteiger partial charge in [0.25, 0.3) is 0 Å². The van der Waals surface area contributed by atoms with Crippen molar-refractivity contribution in [3.8, 4) is 16.4 Å². The Kier molecular flexibility index (Phi) is 7.55. The molecule has 0 aliphatic rings. The van der Waals surface area contributed by atoms with Gasteiger partial charge in [-0.1, -0.05) is 78.0 Å².